The van der Waals surface area contributed by atoms with Crippen molar-refractivity contribution in [2.75, 3.05) is 13.2 Å². The zero-order chi connectivity index (χ0) is 40.5. The predicted octanol–water partition coefficient (Wildman–Crippen LogP) is 15.4. The van der Waals surface area contributed by atoms with Crippen LogP contribution in [0.3, 0.4) is 0 Å². The fourth-order valence-corrected chi connectivity index (χ4v) is 7.28. The van der Waals surface area contributed by atoms with Crippen LogP contribution in [-0.2, 0) is 28.6 Å². The Hall–Kier alpha value is -1.59. The van der Waals surface area contributed by atoms with Gasteiger partial charge in [0.2, 0.25) is 0 Å². The van der Waals surface area contributed by atoms with Gasteiger partial charge >= 0.3 is 17.9 Å². The zero-order valence-electron chi connectivity index (χ0n) is 37.6. The highest BCUT2D eigenvalue weighted by Crippen LogP contribution is 2.17. The molecule has 0 bridgehead atoms. The van der Waals surface area contributed by atoms with Crippen LogP contribution in [0.25, 0.3) is 0 Å². The first-order valence-corrected chi connectivity index (χ1v) is 24.2. The number of hydrogen-bond donors (Lipinski definition) is 0. The molecule has 0 fully saturated rings. The minimum atomic E-state index is -0.760. The smallest absolute Gasteiger partial charge is 0.306 e. The molecule has 326 valence electrons. The summed E-state index contributed by atoms with van der Waals surface area (Å²) in [5, 5.41) is 0. The van der Waals surface area contributed by atoms with E-state index in [1.54, 1.807) is 0 Å². The topological polar surface area (TPSA) is 78.9 Å². The van der Waals surface area contributed by atoms with Gasteiger partial charge in [-0.25, -0.2) is 0 Å². The SMILES string of the molecule is CCCCCCCCCCCC(=O)OC[C@@H](COC(=O)CCCCCCCCCCCCCCCCCCC(C)C)OC(=O)CCCCCCCCC(C)C. The molecule has 0 aliphatic carbocycles. The van der Waals surface area contributed by atoms with E-state index in [-0.39, 0.29) is 31.1 Å². The second kappa shape index (κ2) is 42.0. The van der Waals surface area contributed by atoms with Crippen molar-refractivity contribution in [1.82, 2.24) is 0 Å². The lowest BCUT2D eigenvalue weighted by Gasteiger charge is -2.18. The molecule has 0 aliphatic rings. The van der Waals surface area contributed by atoms with Crippen LogP contribution in [0, 0.1) is 11.8 Å². The van der Waals surface area contributed by atoms with Gasteiger partial charge in [-0.15, -0.1) is 0 Å². The van der Waals surface area contributed by atoms with E-state index < -0.39 is 6.10 Å². The largest absolute Gasteiger partial charge is 0.462 e. The molecule has 0 amide bonds. The molecule has 0 rings (SSSR count). The Bertz CT molecular complexity index is 839. The Morgan fingerprint density at radius 1 is 0.345 bits per heavy atom. The molecule has 0 heterocycles. The maximum Gasteiger partial charge on any atom is 0.306 e. The molecule has 0 saturated heterocycles. The van der Waals surface area contributed by atoms with Gasteiger partial charge in [0.25, 0.3) is 0 Å². The maximum atomic E-state index is 12.7. The van der Waals surface area contributed by atoms with E-state index in [1.807, 2.05) is 0 Å². The summed E-state index contributed by atoms with van der Waals surface area (Å²) in [6, 6.07) is 0. The second-order valence-corrected chi connectivity index (χ2v) is 17.7. The quantitative estimate of drug-likeness (QED) is 0.0348. The first-order chi connectivity index (χ1) is 26.7. The van der Waals surface area contributed by atoms with Crippen molar-refractivity contribution in [2.24, 2.45) is 11.8 Å². The van der Waals surface area contributed by atoms with E-state index in [0.29, 0.717) is 19.3 Å². The Morgan fingerprint density at radius 2 is 0.600 bits per heavy atom. The van der Waals surface area contributed by atoms with Gasteiger partial charge in [0.15, 0.2) is 6.10 Å². The Morgan fingerprint density at radius 3 is 0.891 bits per heavy atom. The van der Waals surface area contributed by atoms with Gasteiger partial charge in [-0.1, -0.05) is 227 Å². The minimum Gasteiger partial charge on any atom is -0.462 e. The molecule has 0 aromatic carbocycles. The lowest BCUT2D eigenvalue weighted by Crippen LogP contribution is -2.30. The van der Waals surface area contributed by atoms with E-state index >= 15 is 0 Å². The number of carbonyl (C=O) groups is 3. The fraction of sp³-hybridized carbons (Fsp3) is 0.939. The summed E-state index contributed by atoms with van der Waals surface area (Å²) in [6.07, 6.45) is 41.1. The molecule has 6 nitrogen and oxygen atoms in total. The number of unbranched alkanes of at least 4 members (excludes halogenated alkanes) is 28. The van der Waals surface area contributed by atoms with Crippen LogP contribution >= 0.6 is 0 Å². The van der Waals surface area contributed by atoms with Crippen molar-refractivity contribution >= 4 is 17.9 Å². The maximum absolute atomic E-state index is 12.7. The van der Waals surface area contributed by atoms with Crippen molar-refractivity contribution in [2.45, 2.75) is 272 Å². The molecule has 0 N–H and O–H groups in total. The highest BCUT2D eigenvalue weighted by atomic mass is 16.6. The normalized spacial score (nSPS) is 12.1. The zero-order valence-corrected chi connectivity index (χ0v) is 37.6. The molecular formula is C49H94O6. The number of rotatable bonds is 43. The van der Waals surface area contributed by atoms with Crippen molar-refractivity contribution in [1.29, 1.82) is 0 Å². The van der Waals surface area contributed by atoms with Crippen molar-refractivity contribution in [3.05, 3.63) is 0 Å². The van der Waals surface area contributed by atoms with Crippen LogP contribution in [0.1, 0.15) is 266 Å². The van der Waals surface area contributed by atoms with Gasteiger partial charge < -0.3 is 14.2 Å². The summed E-state index contributed by atoms with van der Waals surface area (Å²) in [4.78, 5) is 37.7. The van der Waals surface area contributed by atoms with Crippen molar-refractivity contribution in [3.63, 3.8) is 0 Å². The molecular weight excluding hydrogens is 685 g/mol. The van der Waals surface area contributed by atoms with Gasteiger partial charge in [0, 0.05) is 19.3 Å². The third-order valence-electron chi connectivity index (χ3n) is 11.0. The lowest BCUT2D eigenvalue weighted by molar-refractivity contribution is -0.167. The van der Waals surface area contributed by atoms with E-state index in [1.165, 1.54) is 154 Å². The number of carbonyl (C=O) groups excluding carboxylic acids is 3. The molecule has 55 heavy (non-hydrogen) atoms. The average Bonchev–Trinajstić information content (AvgIpc) is 3.15. The summed E-state index contributed by atoms with van der Waals surface area (Å²) in [7, 11) is 0. The number of ether oxygens (including phenoxy) is 3. The molecule has 0 aromatic heterocycles. The molecule has 6 heteroatoms. The molecule has 0 radical (unpaired) electrons. The van der Waals surface area contributed by atoms with Gasteiger partial charge in [-0.05, 0) is 31.1 Å². The van der Waals surface area contributed by atoms with Gasteiger partial charge in [-0.2, -0.15) is 0 Å². The van der Waals surface area contributed by atoms with Crippen LogP contribution in [0.2, 0.25) is 0 Å². The van der Waals surface area contributed by atoms with Crippen LogP contribution in [0.4, 0.5) is 0 Å². The van der Waals surface area contributed by atoms with Crippen molar-refractivity contribution < 1.29 is 28.6 Å². The van der Waals surface area contributed by atoms with E-state index in [0.717, 1.165) is 69.6 Å². The summed E-state index contributed by atoms with van der Waals surface area (Å²) in [5.74, 6) is 0.751. The Balaban J connectivity index is 4.18. The number of hydrogen-bond acceptors (Lipinski definition) is 6. The van der Waals surface area contributed by atoms with E-state index in [4.69, 9.17) is 14.2 Å². The van der Waals surface area contributed by atoms with Crippen molar-refractivity contribution in [3.8, 4) is 0 Å². The molecule has 0 saturated carbocycles. The monoisotopic (exact) mass is 779 g/mol. The summed E-state index contributed by atoms with van der Waals surface area (Å²) in [5.41, 5.74) is 0. The average molecular weight is 779 g/mol. The number of esters is 3. The first kappa shape index (κ1) is 53.4. The molecule has 0 unspecified atom stereocenters. The first-order valence-electron chi connectivity index (χ1n) is 24.2. The van der Waals surface area contributed by atoms with Crippen LogP contribution < -0.4 is 0 Å². The van der Waals surface area contributed by atoms with Crippen LogP contribution in [0.15, 0.2) is 0 Å². The third-order valence-corrected chi connectivity index (χ3v) is 11.0. The van der Waals surface area contributed by atoms with E-state index in [2.05, 4.69) is 34.6 Å². The molecule has 0 spiro atoms. The summed E-state index contributed by atoms with van der Waals surface area (Å²) in [6.45, 7) is 11.3. The Labute approximate surface area is 342 Å². The predicted molar refractivity (Wildman–Crippen MR) is 233 cm³/mol. The van der Waals surface area contributed by atoms with E-state index in [9.17, 15) is 14.4 Å². The second-order valence-electron chi connectivity index (χ2n) is 17.7. The lowest BCUT2D eigenvalue weighted by atomic mass is 10.0. The standard InChI is InChI=1S/C49H94O6/c1-6-7-8-9-10-19-23-29-34-39-47(50)53-42-46(55-49(52)41-36-31-26-25-28-33-38-45(4)5)43-54-48(51)40-35-30-24-21-18-16-14-12-11-13-15-17-20-22-27-32-37-44(2)3/h44-46H,6-43H2,1-5H3/t46-/m0/s1. The molecule has 0 aliphatic heterocycles. The van der Waals surface area contributed by atoms with Crippen LogP contribution in [0.5, 0.6) is 0 Å². The third kappa shape index (κ3) is 43.4. The van der Waals surface area contributed by atoms with Gasteiger partial charge in [0.05, 0.1) is 0 Å². The summed E-state index contributed by atoms with van der Waals surface area (Å²) >= 11 is 0. The summed E-state index contributed by atoms with van der Waals surface area (Å²) < 4.78 is 16.7. The fourth-order valence-electron chi connectivity index (χ4n) is 7.28. The Kier molecular flexibility index (Phi) is 40.8. The highest BCUT2D eigenvalue weighted by molar-refractivity contribution is 5.71. The molecule has 0 aromatic rings. The highest BCUT2D eigenvalue weighted by Gasteiger charge is 2.19. The van der Waals surface area contributed by atoms with Crippen LogP contribution in [-0.4, -0.2) is 37.2 Å². The van der Waals surface area contributed by atoms with Gasteiger partial charge in [-0.3, -0.25) is 14.4 Å². The van der Waals surface area contributed by atoms with Gasteiger partial charge in [0.1, 0.15) is 13.2 Å². The minimum absolute atomic E-state index is 0.0653. The molecule has 1 atom stereocenters.